The fourth-order valence-electron chi connectivity index (χ4n) is 2.91. The minimum atomic E-state index is -4.85. The Balaban J connectivity index is 2.09. The molecule has 1 aromatic heterocycles. The quantitative estimate of drug-likeness (QED) is 0.459. The summed E-state index contributed by atoms with van der Waals surface area (Å²) in [5.41, 5.74) is -1.56. The molecule has 0 aliphatic rings. The second-order valence-electron chi connectivity index (χ2n) is 7.19. The van der Waals surface area contributed by atoms with Crippen LogP contribution in [0.3, 0.4) is 0 Å². The summed E-state index contributed by atoms with van der Waals surface area (Å²) in [7, 11) is -3.08. The van der Waals surface area contributed by atoms with Crippen molar-refractivity contribution in [3.8, 4) is 11.6 Å². The number of halogens is 4. The summed E-state index contributed by atoms with van der Waals surface area (Å²) < 4.78 is 65.6. The van der Waals surface area contributed by atoms with E-state index >= 15 is 0 Å². The highest BCUT2D eigenvalue weighted by Gasteiger charge is 2.38. The standard InChI is InChI=1S/C21H18ClF3N4O3S/c1-11-7-8-13(22)9-16(11)32-20-17(12(2)18(28-29-20)21(23,24)25)19(30)27-14-5-4-6-15(10-14)33(3,26)31/h4-10,26H,1-3H3,(H,27,30). The van der Waals surface area contributed by atoms with Crippen molar-refractivity contribution in [1.29, 1.82) is 4.78 Å². The smallest absolute Gasteiger partial charge is 0.435 e. The lowest BCUT2D eigenvalue weighted by molar-refractivity contribution is -0.142. The second-order valence-corrected chi connectivity index (χ2v) is 9.78. The molecule has 0 saturated carbocycles. The van der Waals surface area contributed by atoms with Crippen LogP contribution in [-0.4, -0.2) is 26.6 Å². The highest BCUT2D eigenvalue weighted by Crippen LogP contribution is 2.36. The van der Waals surface area contributed by atoms with Gasteiger partial charge in [-0.05, 0) is 55.3 Å². The molecule has 1 amide bonds. The SMILES string of the molecule is Cc1ccc(Cl)cc1Oc1nnc(C(F)(F)F)c(C)c1C(=O)Nc1cccc(S(C)(=N)=O)c1. The minimum Gasteiger partial charge on any atom is -0.437 e. The van der Waals surface area contributed by atoms with Crippen molar-refractivity contribution in [3.63, 3.8) is 0 Å². The number of hydrogen-bond acceptors (Lipinski definition) is 6. The molecule has 2 aromatic carbocycles. The lowest BCUT2D eigenvalue weighted by atomic mass is 10.1. The number of nitrogens with zero attached hydrogens (tertiary/aromatic N) is 2. The Hall–Kier alpha value is -3.18. The molecule has 0 aliphatic heterocycles. The van der Waals surface area contributed by atoms with Gasteiger partial charge in [0, 0.05) is 21.9 Å². The van der Waals surface area contributed by atoms with Gasteiger partial charge >= 0.3 is 6.18 Å². The van der Waals surface area contributed by atoms with Crippen molar-refractivity contribution in [3.05, 3.63) is 69.9 Å². The molecule has 7 nitrogen and oxygen atoms in total. The number of hydrogen-bond donors (Lipinski definition) is 2. The Labute approximate surface area is 192 Å². The van der Waals surface area contributed by atoms with E-state index in [4.69, 9.17) is 21.1 Å². The van der Waals surface area contributed by atoms with Crippen LogP contribution in [0.2, 0.25) is 5.02 Å². The predicted octanol–water partition coefficient (Wildman–Crippen LogP) is 5.85. The van der Waals surface area contributed by atoms with Crippen LogP contribution >= 0.6 is 11.6 Å². The maximum absolute atomic E-state index is 13.4. The zero-order chi connectivity index (χ0) is 24.6. The van der Waals surface area contributed by atoms with Gasteiger partial charge < -0.3 is 10.1 Å². The number of nitrogens with one attached hydrogen (secondary N) is 2. The van der Waals surface area contributed by atoms with Crippen LogP contribution in [0.25, 0.3) is 0 Å². The van der Waals surface area contributed by atoms with Crippen LogP contribution in [0, 0.1) is 18.6 Å². The number of rotatable bonds is 5. The third-order valence-corrected chi connectivity index (χ3v) is 5.97. The minimum absolute atomic E-state index is 0.133. The molecule has 0 saturated heterocycles. The van der Waals surface area contributed by atoms with Crippen molar-refractivity contribution < 1.29 is 26.9 Å². The Morgan fingerprint density at radius 3 is 2.48 bits per heavy atom. The van der Waals surface area contributed by atoms with Crippen LogP contribution in [-0.2, 0) is 15.9 Å². The normalized spacial score (nSPS) is 13.3. The average Bonchev–Trinajstić information content (AvgIpc) is 2.69. The molecular weight excluding hydrogens is 481 g/mol. The summed E-state index contributed by atoms with van der Waals surface area (Å²) in [6.45, 7) is 2.77. The first-order valence-corrected chi connectivity index (χ1v) is 11.7. The third kappa shape index (κ3) is 5.60. The van der Waals surface area contributed by atoms with E-state index in [0.717, 1.165) is 6.92 Å². The van der Waals surface area contributed by atoms with E-state index in [9.17, 15) is 22.2 Å². The fraction of sp³-hybridized carbons (Fsp3) is 0.190. The molecule has 0 spiro atoms. The Morgan fingerprint density at radius 2 is 1.85 bits per heavy atom. The van der Waals surface area contributed by atoms with Gasteiger partial charge in [0.05, 0.1) is 9.73 Å². The van der Waals surface area contributed by atoms with Gasteiger partial charge in [0.2, 0.25) is 0 Å². The molecular formula is C21H18ClF3N4O3S. The van der Waals surface area contributed by atoms with Gasteiger partial charge in [0.15, 0.2) is 5.69 Å². The number of benzene rings is 2. The lowest BCUT2D eigenvalue weighted by Gasteiger charge is -2.17. The number of carbonyl (C=O) groups is 1. The maximum atomic E-state index is 13.4. The molecule has 1 heterocycles. The highest BCUT2D eigenvalue weighted by atomic mass is 35.5. The van der Waals surface area contributed by atoms with Crippen molar-refractivity contribution in [2.24, 2.45) is 0 Å². The van der Waals surface area contributed by atoms with Crippen molar-refractivity contribution in [2.75, 3.05) is 11.6 Å². The number of alkyl halides is 3. The predicted molar refractivity (Wildman–Crippen MR) is 117 cm³/mol. The molecule has 3 rings (SSSR count). The van der Waals surface area contributed by atoms with E-state index in [2.05, 4.69) is 15.5 Å². The van der Waals surface area contributed by atoms with Crippen LogP contribution in [0.4, 0.5) is 18.9 Å². The van der Waals surface area contributed by atoms with E-state index in [0.29, 0.717) is 10.6 Å². The van der Waals surface area contributed by atoms with Gasteiger partial charge in [-0.2, -0.15) is 13.2 Å². The number of carbonyl (C=O) groups excluding carboxylic acids is 1. The maximum Gasteiger partial charge on any atom is 0.435 e. The van der Waals surface area contributed by atoms with Gasteiger partial charge in [-0.25, -0.2) is 8.99 Å². The summed E-state index contributed by atoms with van der Waals surface area (Å²) in [5, 5.41) is 9.50. The van der Waals surface area contributed by atoms with Gasteiger partial charge in [-0.15, -0.1) is 10.2 Å². The van der Waals surface area contributed by atoms with Crippen LogP contribution in [0.15, 0.2) is 47.4 Å². The zero-order valence-corrected chi connectivity index (χ0v) is 19.2. The van der Waals surface area contributed by atoms with E-state index in [-0.39, 0.29) is 16.3 Å². The second kappa shape index (κ2) is 8.99. The first kappa shape index (κ1) is 24.5. The molecule has 0 fully saturated rings. The summed E-state index contributed by atoms with van der Waals surface area (Å²) >= 11 is 5.98. The van der Waals surface area contributed by atoms with Gasteiger partial charge in [-0.1, -0.05) is 23.7 Å². The number of aromatic nitrogens is 2. The first-order chi connectivity index (χ1) is 15.3. The molecule has 1 atom stereocenters. The Kier molecular flexibility index (Phi) is 6.66. The Bertz CT molecular complexity index is 1350. The summed E-state index contributed by atoms with van der Waals surface area (Å²) in [5.74, 6) is -1.21. The third-order valence-electron chi connectivity index (χ3n) is 4.58. The number of amides is 1. The topological polar surface area (TPSA) is 105 Å². The monoisotopic (exact) mass is 498 g/mol. The molecule has 0 bridgehead atoms. The number of aryl methyl sites for hydroxylation is 1. The summed E-state index contributed by atoms with van der Waals surface area (Å²) in [6.07, 6.45) is -3.64. The van der Waals surface area contributed by atoms with E-state index in [1.54, 1.807) is 19.1 Å². The van der Waals surface area contributed by atoms with Crippen LogP contribution < -0.4 is 10.1 Å². The van der Waals surface area contributed by atoms with Gasteiger partial charge in [-0.3, -0.25) is 4.79 Å². The molecule has 3 aromatic rings. The van der Waals surface area contributed by atoms with Gasteiger partial charge in [0.25, 0.3) is 11.8 Å². The lowest BCUT2D eigenvalue weighted by Crippen LogP contribution is -2.21. The molecule has 12 heteroatoms. The molecule has 1 unspecified atom stereocenters. The zero-order valence-electron chi connectivity index (χ0n) is 17.6. The molecule has 2 N–H and O–H groups in total. The van der Waals surface area contributed by atoms with E-state index < -0.39 is 44.5 Å². The van der Waals surface area contributed by atoms with Crippen molar-refractivity contribution in [2.45, 2.75) is 24.9 Å². The summed E-state index contributed by atoms with van der Waals surface area (Å²) in [6, 6.07) is 10.3. The highest BCUT2D eigenvalue weighted by molar-refractivity contribution is 7.91. The van der Waals surface area contributed by atoms with E-state index in [1.807, 2.05) is 0 Å². The molecule has 0 aliphatic carbocycles. The first-order valence-electron chi connectivity index (χ1n) is 9.31. The molecule has 174 valence electrons. The molecule has 0 radical (unpaired) electrons. The Morgan fingerprint density at radius 1 is 1.15 bits per heavy atom. The summed E-state index contributed by atoms with van der Waals surface area (Å²) in [4.78, 5) is 13.2. The van der Waals surface area contributed by atoms with E-state index in [1.165, 1.54) is 36.6 Å². The fourth-order valence-corrected chi connectivity index (χ4v) is 3.76. The van der Waals surface area contributed by atoms with Crippen molar-refractivity contribution in [1.82, 2.24) is 10.2 Å². The van der Waals surface area contributed by atoms with Crippen LogP contribution in [0.1, 0.15) is 27.2 Å². The van der Waals surface area contributed by atoms with Crippen LogP contribution in [0.5, 0.6) is 11.6 Å². The van der Waals surface area contributed by atoms with Crippen molar-refractivity contribution >= 4 is 32.9 Å². The molecule has 33 heavy (non-hydrogen) atoms. The van der Waals surface area contributed by atoms with Gasteiger partial charge in [0.1, 0.15) is 11.3 Å². The number of ether oxygens (including phenoxy) is 1. The largest absolute Gasteiger partial charge is 0.437 e. The number of anilines is 1. The average molecular weight is 499 g/mol.